The number of aryl methyl sites for hydroxylation is 1. The Bertz CT molecular complexity index is 869. The predicted molar refractivity (Wildman–Crippen MR) is 92.3 cm³/mol. The number of hydrogen-bond donors (Lipinski definition) is 2. The topological polar surface area (TPSA) is 83.7 Å². The highest BCUT2D eigenvalue weighted by molar-refractivity contribution is 6.03. The van der Waals surface area contributed by atoms with E-state index < -0.39 is 0 Å². The van der Waals surface area contributed by atoms with Gasteiger partial charge in [-0.25, -0.2) is 15.0 Å². The van der Waals surface area contributed by atoms with E-state index in [0.29, 0.717) is 6.04 Å². The van der Waals surface area contributed by atoms with Crippen LogP contribution in [-0.2, 0) is 0 Å². The average Bonchev–Trinajstić information content (AvgIpc) is 3.14. The Morgan fingerprint density at radius 1 is 1.35 bits per heavy atom. The second-order valence-corrected chi connectivity index (χ2v) is 6.20. The number of anilines is 2. The molecule has 0 amide bonds. The van der Waals surface area contributed by atoms with Crippen LogP contribution in [0.2, 0.25) is 0 Å². The number of aromatic nitrogens is 4. The van der Waals surface area contributed by atoms with Crippen molar-refractivity contribution in [2.45, 2.75) is 32.7 Å². The van der Waals surface area contributed by atoms with Gasteiger partial charge in [-0.2, -0.15) is 0 Å². The maximum absolute atomic E-state index is 5.76. The van der Waals surface area contributed by atoms with E-state index >= 15 is 0 Å². The van der Waals surface area contributed by atoms with Gasteiger partial charge in [0.25, 0.3) is 0 Å². The summed E-state index contributed by atoms with van der Waals surface area (Å²) in [5, 5.41) is 1.12. The van der Waals surface area contributed by atoms with Crippen molar-refractivity contribution in [3.63, 3.8) is 0 Å². The van der Waals surface area contributed by atoms with E-state index in [1.54, 1.807) is 6.20 Å². The summed E-state index contributed by atoms with van der Waals surface area (Å²) < 4.78 is 0. The highest BCUT2D eigenvalue weighted by atomic mass is 15.2. The number of nitrogens with zero attached hydrogens (tertiary/aromatic N) is 4. The van der Waals surface area contributed by atoms with Crippen LogP contribution in [0.15, 0.2) is 24.7 Å². The molecule has 0 unspecified atom stereocenters. The molecule has 1 atom stereocenters. The number of aromatic amines is 1. The molecule has 6 nitrogen and oxygen atoms in total. The standard InChI is InChI=1S/C17H20N6/c1-10-8-20-16-14(15(10)23-7-3-4-11(23)2)12(9-21-16)13-5-6-19-17(18)22-13/h5-6,8-9,11H,3-4,7H2,1-2H3,(H,20,21)(H2,18,19,22)/t11-/m1/s1. The molecule has 1 fully saturated rings. The Labute approximate surface area is 134 Å². The molecule has 0 bridgehead atoms. The molecule has 1 aliphatic rings. The Balaban J connectivity index is 1.98. The molecule has 1 aliphatic heterocycles. The SMILES string of the molecule is Cc1cnc2[nH]cc(-c3ccnc(N)n3)c2c1N1CCC[C@H]1C. The Kier molecular flexibility index (Phi) is 3.18. The zero-order valence-corrected chi connectivity index (χ0v) is 13.4. The summed E-state index contributed by atoms with van der Waals surface area (Å²) in [7, 11) is 0. The normalized spacial score (nSPS) is 18.0. The molecular weight excluding hydrogens is 288 g/mol. The van der Waals surface area contributed by atoms with Crippen molar-refractivity contribution >= 4 is 22.7 Å². The van der Waals surface area contributed by atoms with Gasteiger partial charge in [0.1, 0.15) is 5.65 Å². The summed E-state index contributed by atoms with van der Waals surface area (Å²) >= 11 is 0. The number of nitrogens with two attached hydrogens (primary N) is 1. The zero-order valence-electron chi connectivity index (χ0n) is 13.4. The molecule has 118 valence electrons. The monoisotopic (exact) mass is 308 g/mol. The van der Waals surface area contributed by atoms with Crippen LogP contribution in [0.5, 0.6) is 0 Å². The van der Waals surface area contributed by atoms with Crippen LogP contribution in [0.25, 0.3) is 22.3 Å². The number of rotatable bonds is 2. The first-order valence-electron chi connectivity index (χ1n) is 7.97. The van der Waals surface area contributed by atoms with Gasteiger partial charge in [-0.15, -0.1) is 0 Å². The molecule has 1 saturated heterocycles. The summed E-state index contributed by atoms with van der Waals surface area (Å²) in [5.74, 6) is 0.286. The molecule has 0 aliphatic carbocycles. The Morgan fingerprint density at radius 2 is 2.22 bits per heavy atom. The minimum absolute atomic E-state index is 0.286. The van der Waals surface area contributed by atoms with Crippen LogP contribution in [0, 0.1) is 6.92 Å². The summed E-state index contributed by atoms with van der Waals surface area (Å²) in [6, 6.07) is 2.43. The highest BCUT2D eigenvalue weighted by Crippen LogP contribution is 2.39. The first-order chi connectivity index (χ1) is 11.1. The Morgan fingerprint density at radius 3 is 2.96 bits per heavy atom. The maximum atomic E-state index is 5.76. The maximum Gasteiger partial charge on any atom is 0.220 e. The van der Waals surface area contributed by atoms with Gasteiger partial charge in [-0.1, -0.05) is 0 Å². The fourth-order valence-electron chi connectivity index (χ4n) is 3.54. The molecule has 23 heavy (non-hydrogen) atoms. The smallest absolute Gasteiger partial charge is 0.220 e. The van der Waals surface area contributed by atoms with E-state index in [4.69, 9.17) is 5.73 Å². The molecule has 3 aromatic rings. The van der Waals surface area contributed by atoms with Crippen molar-refractivity contribution in [1.29, 1.82) is 0 Å². The molecule has 0 aromatic carbocycles. The van der Waals surface area contributed by atoms with Gasteiger partial charge >= 0.3 is 0 Å². The van der Waals surface area contributed by atoms with Crippen LogP contribution in [-0.4, -0.2) is 32.5 Å². The van der Waals surface area contributed by atoms with Crippen LogP contribution in [0.3, 0.4) is 0 Å². The first kappa shape index (κ1) is 14.0. The van der Waals surface area contributed by atoms with Gasteiger partial charge < -0.3 is 15.6 Å². The number of fused-ring (bicyclic) bond motifs is 1. The van der Waals surface area contributed by atoms with E-state index in [1.165, 1.54) is 24.1 Å². The lowest BCUT2D eigenvalue weighted by Crippen LogP contribution is -2.27. The van der Waals surface area contributed by atoms with Gasteiger partial charge in [0.05, 0.1) is 16.8 Å². The van der Waals surface area contributed by atoms with Gasteiger partial charge in [0.2, 0.25) is 5.95 Å². The van der Waals surface area contributed by atoms with Crippen LogP contribution in [0.1, 0.15) is 25.3 Å². The quantitative estimate of drug-likeness (QED) is 0.760. The third-order valence-corrected chi connectivity index (χ3v) is 4.65. The van der Waals surface area contributed by atoms with Crippen molar-refractivity contribution in [2.24, 2.45) is 0 Å². The second kappa shape index (κ2) is 5.22. The van der Waals surface area contributed by atoms with Crippen LogP contribution < -0.4 is 10.6 Å². The van der Waals surface area contributed by atoms with Crippen molar-refractivity contribution < 1.29 is 0 Å². The van der Waals surface area contributed by atoms with E-state index in [-0.39, 0.29) is 5.95 Å². The van der Waals surface area contributed by atoms with Crippen LogP contribution in [0.4, 0.5) is 11.6 Å². The number of nitrogen functional groups attached to an aromatic ring is 1. The van der Waals surface area contributed by atoms with Crippen molar-refractivity contribution in [3.05, 3.63) is 30.2 Å². The fourth-order valence-corrected chi connectivity index (χ4v) is 3.54. The van der Waals surface area contributed by atoms with Gasteiger partial charge in [0, 0.05) is 36.7 Å². The van der Waals surface area contributed by atoms with Crippen molar-refractivity contribution in [1.82, 2.24) is 19.9 Å². The van der Waals surface area contributed by atoms with Gasteiger partial charge in [-0.05, 0) is 38.3 Å². The average molecular weight is 308 g/mol. The molecular formula is C17H20N6. The zero-order chi connectivity index (χ0) is 16.0. The first-order valence-corrected chi connectivity index (χ1v) is 7.97. The second-order valence-electron chi connectivity index (χ2n) is 6.20. The van der Waals surface area contributed by atoms with Crippen LogP contribution >= 0.6 is 0 Å². The number of hydrogen-bond acceptors (Lipinski definition) is 5. The third kappa shape index (κ3) is 2.21. The molecule has 0 saturated carbocycles. The lowest BCUT2D eigenvalue weighted by Gasteiger charge is -2.26. The Hall–Kier alpha value is -2.63. The number of pyridine rings is 1. The minimum Gasteiger partial charge on any atom is -0.368 e. The molecule has 4 rings (SSSR count). The summed E-state index contributed by atoms with van der Waals surface area (Å²) in [6.07, 6.45) is 8.05. The molecule has 6 heteroatoms. The molecule has 0 radical (unpaired) electrons. The lowest BCUT2D eigenvalue weighted by atomic mass is 10.1. The number of H-pyrrole nitrogens is 1. The lowest BCUT2D eigenvalue weighted by molar-refractivity contribution is 0.735. The minimum atomic E-state index is 0.286. The summed E-state index contributed by atoms with van der Waals surface area (Å²) in [6.45, 7) is 5.49. The molecule has 3 aromatic heterocycles. The fraction of sp³-hybridized carbons (Fsp3) is 0.353. The molecule has 3 N–H and O–H groups in total. The largest absolute Gasteiger partial charge is 0.368 e. The van der Waals surface area contributed by atoms with Crippen molar-refractivity contribution in [2.75, 3.05) is 17.2 Å². The van der Waals surface area contributed by atoms with E-state index in [1.807, 2.05) is 18.5 Å². The van der Waals surface area contributed by atoms with Gasteiger partial charge in [-0.3, -0.25) is 0 Å². The summed E-state index contributed by atoms with van der Waals surface area (Å²) in [4.78, 5) is 18.7. The van der Waals surface area contributed by atoms with E-state index in [2.05, 4.69) is 38.7 Å². The van der Waals surface area contributed by atoms with E-state index in [0.717, 1.165) is 28.8 Å². The van der Waals surface area contributed by atoms with E-state index in [9.17, 15) is 0 Å². The number of nitrogens with one attached hydrogen (secondary N) is 1. The van der Waals surface area contributed by atoms with Gasteiger partial charge in [0.15, 0.2) is 0 Å². The molecule has 0 spiro atoms. The third-order valence-electron chi connectivity index (χ3n) is 4.65. The highest BCUT2D eigenvalue weighted by Gasteiger charge is 2.26. The summed E-state index contributed by atoms with van der Waals surface area (Å²) in [5.41, 5.74) is 10.9. The predicted octanol–water partition coefficient (Wildman–Crippen LogP) is 2.90. The van der Waals surface area contributed by atoms with Crippen molar-refractivity contribution in [3.8, 4) is 11.3 Å². The molecule has 4 heterocycles.